The molecule has 0 saturated carbocycles. The fraction of sp³-hybridized carbons (Fsp3) is 0.300. The Bertz CT molecular complexity index is 753. The van der Waals surface area contributed by atoms with Crippen LogP contribution in [0.4, 0.5) is 0 Å². The zero-order valence-electron chi connectivity index (χ0n) is 13.3. The Morgan fingerprint density at radius 2 is 1.48 bits per heavy atom. The molecule has 0 radical (unpaired) electrons. The molecule has 0 amide bonds. The van der Waals surface area contributed by atoms with Crippen LogP contribution < -0.4 is 0 Å². The van der Waals surface area contributed by atoms with Crippen LogP contribution in [0.1, 0.15) is 11.3 Å². The first-order valence-corrected chi connectivity index (χ1v) is 8.32. The first-order valence-electron chi connectivity index (χ1n) is 8.32. The van der Waals surface area contributed by atoms with Gasteiger partial charge in [0, 0.05) is 32.7 Å². The van der Waals surface area contributed by atoms with Gasteiger partial charge in [-0.15, -0.1) is 0 Å². The minimum Gasteiger partial charge on any atom is -0.468 e. The standard InChI is InChI=1S/C20H22N2O/c1-2-9-20-17(5-1)6-3-7-18(20)15-21-10-12-22(13-11-21)16-19-8-4-14-23-19/h1-9,14H,10-13,15-16H2. The Labute approximate surface area is 137 Å². The van der Waals surface area contributed by atoms with Gasteiger partial charge in [-0.3, -0.25) is 9.80 Å². The molecule has 3 nitrogen and oxygen atoms in total. The monoisotopic (exact) mass is 306 g/mol. The van der Waals surface area contributed by atoms with Crippen molar-refractivity contribution < 1.29 is 4.42 Å². The maximum absolute atomic E-state index is 5.45. The molecule has 2 heterocycles. The molecule has 23 heavy (non-hydrogen) atoms. The number of hydrogen-bond donors (Lipinski definition) is 0. The lowest BCUT2D eigenvalue weighted by molar-refractivity contribution is 0.116. The number of rotatable bonds is 4. The zero-order chi connectivity index (χ0) is 15.5. The second kappa shape index (κ2) is 6.57. The quantitative estimate of drug-likeness (QED) is 0.732. The van der Waals surface area contributed by atoms with Crippen molar-refractivity contribution in [1.82, 2.24) is 9.80 Å². The Morgan fingerprint density at radius 3 is 2.26 bits per heavy atom. The molecule has 118 valence electrons. The van der Waals surface area contributed by atoms with E-state index in [2.05, 4.69) is 58.3 Å². The zero-order valence-corrected chi connectivity index (χ0v) is 13.3. The minimum absolute atomic E-state index is 0.926. The first kappa shape index (κ1) is 14.5. The third-order valence-corrected chi connectivity index (χ3v) is 4.70. The summed E-state index contributed by atoms with van der Waals surface area (Å²) in [6.07, 6.45) is 1.76. The maximum Gasteiger partial charge on any atom is 0.117 e. The Kier molecular flexibility index (Phi) is 4.14. The van der Waals surface area contributed by atoms with Gasteiger partial charge in [0.2, 0.25) is 0 Å². The van der Waals surface area contributed by atoms with Crippen molar-refractivity contribution in [2.24, 2.45) is 0 Å². The molecule has 2 aromatic carbocycles. The van der Waals surface area contributed by atoms with Crippen LogP contribution in [-0.4, -0.2) is 36.0 Å². The van der Waals surface area contributed by atoms with E-state index in [-0.39, 0.29) is 0 Å². The molecule has 1 aliphatic heterocycles. The molecule has 1 aliphatic rings. The van der Waals surface area contributed by atoms with Crippen LogP contribution in [0.2, 0.25) is 0 Å². The highest BCUT2D eigenvalue weighted by molar-refractivity contribution is 5.85. The van der Waals surface area contributed by atoms with E-state index < -0.39 is 0 Å². The van der Waals surface area contributed by atoms with Crippen molar-refractivity contribution in [1.29, 1.82) is 0 Å². The summed E-state index contributed by atoms with van der Waals surface area (Å²) in [6, 6.07) is 19.3. The fourth-order valence-corrected chi connectivity index (χ4v) is 3.40. The molecule has 1 fully saturated rings. The molecule has 0 aliphatic carbocycles. The Balaban J connectivity index is 1.39. The average molecular weight is 306 g/mol. The van der Waals surface area contributed by atoms with Crippen LogP contribution in [0.3, 0.4) is 0 Å². The predicted molar refractivity (Wildman–Crippen MR) is 93.2 cm³/mol. The van der Waals surface area contributed by atoms with Gasteiger partial charge in [0.1, 0.15) is 5.76 Å². The van der Waals surface area contributed by atoms with Gasteiger partial charge in [-0.2, -0.15) is 0 Å². The van der Waals surface area contributed by atoms with Crippen LogP contribution in [0.25, 0.3) is 10.8 Å². The number of hydrogen-bond acceptors (Lipinski definition) is 3. The molecule has 4 rings (SSSR count). The highest BCUT2D eigenvalue weighted by atomic mass is 16.3. The summed E-state index contributed by atoms with van der Waals surface area (Å²) in [4.78, 5) is 5.03. The topological polar surface area (TPSA) is 19.6 Å². The SMILES string of the molecule is c1coc(CN2CCN(Cc3cccc4ccccc34)CC2)c1. The summed E-state index contributed by atoms with van der Waals surface area (Å²) in [5, 5.41) is 2.72. The van der Waals surface area contributed by atoms with Crippen molar-refractivity contribution in [2.75, 3.05) is 26.2 Å². The van der Waals surface area contributed by atoms with Gasteiger partial charge in [0.15, 0.2) is 0 Å². The number of fused-ring (bicyclic) bond motifs is 1. The predicted octanol–water partition coefficient (Wildman–Crippen LogP) is 3.75. The second-order valence-electron chi connectivity index (χ2n) is 6.27. The molecule has 0 unspecified atom stereocenters. The molecule has 1 aromatic heterocycles. The van der Waals surface area contributed by atoms with E-state index in [4.69, 9.17) is 4.42 Å². The summed E-state index contributed by atoms with van der Waals surface area (Å²) < 4.78 is 5.45. The molecule has 0 N–H and O–H groups in total. The van der Waals surface area contributed by atoms with E-state index in [1.165, 1.54) is 16.3 Å². The lowest BCUT2D eigenvalue weighted by atomic mass is 10.0. The van der Waals surface area contributed by atoms with Crippen molar-refractivity contribution in [3.8, 4) is 0 Å². The lowest BCUT2D eigenvalue weighted by Gasteiger charge is -2.34. The van der Waals surface area contributed by atoms with E-state index in [0.717, 1.165) is 45.0 Å². The highest BCUT2D eigenvalue weighted by Gasteiger charge is 2.18. The third-order valence-electron chi connectivity index (χ3n) is 4.70. The molecule has 3 heteroatoms. The average Bonchev–Trinajstić information content (AvgIpc) is 3.10. The Hall–Kier alpha value is -2.10. The number of piperazine rings is 1. The van der Waals surface area contributed by atoms with Crippen molar-refractivity contribution in [3.05, 3.63) is 72.2 Å². The lowest BCUT2D eigenvalue weighted by Crippen LogP contribution is -2.45. The second-order valence-corrected chi connectivity index (χ2v) is 6.27. The number of furan rings is 1. The van der Waals surface area contributed by atoms with Crippen LogP contribution in [0.15, 0.2) is 65.3 Å². The highest BCUT2D eigenvalue weighted by Crippen LogP contribution is 2.20. The van der Waals surface area contributed by atoms with Crippen molar-refractivity contribution >= 4 is 10.8 Å². The molecule has 0 atom stereocenters. The first-order chi connectivity index (χ1) is 11.4. The van der Waals surface area contributed by atoms with Gasteiger partial charge >= 0.3 is 0 Å². The number of nitrogens with zero attached hydrogens (tertiary/aromatic N) is 2. The summed E-state index contributed by atoms with van der Waals surface area (Å²) in [5.41, 5.74) is 1.43. The van der Waals surface area contributed by atoms with Crippen LogP contribution >= 0.6 is 0 Å². The summed E-state index contributed by atoms with van der Waals surface area (Å²) in [7, 11) is 0. The van der Waals surface area contributed by atoms with Gasteiger partial charge in [-0.1, -0.05) is 42.5 Å². The normalized spacial score (nSPS) is 16.9. The van der Waals surface area contributed by atoms with E-state index in [1.807, 2.05) is 6.07 Å². The number of benzene rings is 2. The largest absolute Gasteiger partial charge is 0.468 e. The van der Waals surface area contributed by atoms with E-state index in [0.29, 0.717) is 0 Å². The third kappa shape index (κ3) is 3.31. The molecule has 1 saturated heterocycles. The summed E-state index contributed by atoms with van der Waals surface area (Å²) >= 11 is 0. The maximum atomic E-state index is 5.45. The minimum atomic E-state index is 0.926. The molecule has 0 spiro atoms. The fourth-order valence-electron chi connectivity index (χ4n) is 3.40. The van der Waals surface area contributed by atoms with Gasteiger partial charge < -0.3 is 4.42 Å². The Morgan fingerprint density at radius 1 is 0.739 bits per heavy atom. The van der Waals surface area contributed by atoms with E-state index in [9.17, 15) is 0 Å². The van der Waals surface area contributed by atoms with E-state index >= 15 is 0 Å². The summed E-state index contributed by atoms with van der Waals surface area (Å²) in [5.74, 6) is 1.06. The van der Waals surface area contributed by atoms with Gasteiger partial charge in [0.25, 0.3) is 0 Å². The van der Waals surface area contributed by atoms with E-state index in [1.54, 1.807) is 6.26 Å². The molecule has 3 aromatic rings. The molecular formula is C20H22N2O. The van der Waals surface area contributed by atoms with Gasteiger partial charge in [-0.05, 0) is 28.5 Å². The molecular weight excluding hydrogens is 284 g/mol. The van der Waals surface area contributed by atoms with Crippen LogP contribution in [-0.2, 0) is 13.1 Å². The van der Waals surface area contributed by atoms with Crippen molar-refractivity contribution in [3.63, 3.8) is 0 Å². The van der Waals surface area contributed by atoms with Crippen LogP contribution in [0, 0.1) is 0 Å². The smallest absolute Gasteiger partial charge is 0.117 e. The van der Waals surface area contributed by atoms with Crippen LogP contribution in [0.5, 0.6) is 0 Å². The summed E-state index contributed by atoms with van der Waals surface area (Å²) in [6.45, 7) is 6.40. The van der Waals surface area contributed by atoms with Gasteiger partial charge in [0.05, 0.1) is 12.8 Å². The molecule has 0 bridgehead atoms. The van der Waals surface area contributed by atoms with Crippen molar-refractivity contribution in [2.45, 2.75) is 13.1 Å². The van der Waals surface area contributed by atoms with Gasteiger partial charge in [-0.25, -0.2) is 0 Å².